The first-order valence-corrected chi connectivity index (χ1v) is 7.79. The summed E-state index contributed by atoms with van der Waals surface area (Å²) in [4.78, 5) is 4.36. The topological polar surface area (TPSA) is 53.4 Å². The molecule has 0 saturated heterocycles. The number of aryl methyl sites for hydroxylation is 1. The fourth-order valence-corrected chi connectivity index (χ4v) is 3.55. The summed E-state index contributed by atoms with van der Waals surface area (Å²) in [5, 5.41) is 20.2. The first kappa shape index (κ1) is 14.5. The number of halogens is 1. The second kappa shape index (κ2) is 5.73. The highest BCUT2D eigenvalue weighted by molar-refractivity contribution is 7.17. The molecule has 0 saturated carbocycles. The lowest BCUT2D eigenvalue weighted by Crippen LogP contribution is -2.07. The monoisotopic (exact) mass is 319 g/mol. The predicted octanol–water partition coefficient (Wildman–Crippen LogP) is 3.95. The Balaban J connectivity index is 2.36. The van der Waals surface area contributed by atoms with Gasteiger partial charge in [-0.05, 0) is 41.8 Å². The zero-order valence-corrected chi connectivity index (χ0v) is 12.9. The number of aliphatic hydroxyl groups excluding tert-OH is 2. The maximum Gasteiger partial charge on any atom is 0.103 e. The molecule has 21 heavy (non-hydrogen) atoms. The summed E-state index contributed by atoms with van der Waals surface area (Å²) in [5.41, 5.74) is 6.23. The number of thiazole rings is 1. The van der Waals surface area contributed by atoms with Crippen LogP contribution in [0.4, 0.5) is 0 Å². The third-order valence-corrected chi connectivity index (χ3v) is 4.62. The standard InChI is InChI=1S/C16H14ClNO2S/c1-9-6-12-16(21-8-18-12)15(14(9)13(20)7-19)10-2-4-11(17)5-3-10/h2-6,8,13,19-20H,7H2,1H3/t13-/m1/s1. The van der Waals surface area contributed by atoms with E-state index >= 15 is 0 Å². The van der Waals surface area contributed by atoms with Gasteiger partial charge in [0.15, 0.2) is 0 Å². The highest BCUT2D eigenvalue weighted by Gasteiger charge is 2.20. The Morgan fingerprint density at radius 3 is 2.67 bits per heavy atom. The largest absolute Gasteiger partial charge is 0.393 e. The number of hydrogen-bond acceptors (Lipinski definition) is 4. The Labute approximate surface area is 131 Å². The molecule has 108 valence electrons. The first-order valence-electron chi connectivity index (χ1n) is 6.53. The molecule has 2 N–H and O–H groups in total. The fourth-order valence-electron chi connectivity index (χ4n) is 2.57. The van der Waals surface area contributed by atoms with Crippen molar-refractivity contribution in [2.75, 3.05) is 6.61 Å². The average molecular weight is 320 g/mol. The third kappa shape index (κ3) is 2.56. The molecule has 2 aromatic carbocycles. The summed E-state index contributed by atoms with van der Waals surface area (Å²) in [6.45, 7) is 1.61. The maximum atomic E-state index is 10.2. The van der Waals surface area contributed by atoms with Crippen LogP contribution >= 0.6 is 22.9 Å². The highest BCUT2D eigenvalue weighted by atomic mass is 35.5. The molecule has 0 spiro atoms. The van der Waals surface area contributed by atoms with Crippen molar-refractivity contribution in [1.29, 1.82) is 0 Å². The number of aliphatic hydroxyl groups is 2. The maximum absolute atomic E-state index is 10.2. The Morgan fingerprint density at radius 2 is 2.00 bits per heavy atom. The van der Waals surface area contributed by atoms with Crippen LogP contribution in [0, 0.1) is 6.92 Å². The summed E-state index contributed by atoms with van der Waals surface area (Å²) in [6, 6.07) is 9.43. The van der Waals surface area contributed by atoms with Gasteiger partial charge in [0, 0.05) is 10.6 Å². The number of fused-ring (bicyclic) bond motifs is 1. The molecule has 3 aromatic rings. The summed E-state index contributed by atoms with van der Waals surface area (Å²) >= 11 is 7.48. The molecule has 1 aromatic heterocycles. The minimum Gasteiger partial charge on any atom is -0.393 e. The molecule has 5 heteroatoms. The number of aromatic nitrogens is 1. The van der Waals surface area contributed by atoms with E-state index in [0.29, 0.717) is 5.02 Å². The average Bonchev–Trinajstić information content (AvgIpc) is 2.94. The van der Waals surface area contributed by atoms with Gasteiger partial charge >= 0.3 is 0 Å². The summed E-state index contributed by atoms with van der Waals surface area (Å²) in [7, 11) is 0. The molecule has 0 bridgehead atoms. The molecule has 0 radical (unpaired) electrons. The van der Waals surface area contributed by atoms with Crippen molar-refractivity contribution in [2.24, 2.45) is 0 Å². The molecule has 0 aliphatic rings. The van der Waals surface area contributed by atoms with E-state index in [-0.39, 0.29) is 6.61 Å². The second-order valence-electron chi connectivity index (χ2n) is 4.89. The molecular formula is C16H14ClNO2S. The van der Waals surface area contributed by atoms with Crippen molar-refractivity contribution in [2.45, 2.75) is 13.0 Å². The smallest absolute Gasteiger partial charge is 0.103 e. The van der Waals surface area contributed by atoms with Crippen molar-refractivity contribution in [3.05, 3.63) is 52.0 Å². The number of nitrogens with zero attached hydrogens (tertiary/aromatic N) is 1. The van der Waals surface area contributed by atoms with Crippen LogP contribution in [0.3, 0.4) is 0 Å². The molecule has 1 atom stereocenters. The van der Waals surface area contributed by atoms with Gasteiger partial charge in [0.2, 0.25) is 0 Å². The Kier molecular flexibility index (Phi) is 3.95. The summed E-state index contributed by atoms with van der Waals surface area (Å²) < 4.78 is 1.01. The lowest BCUT2D eigenvalue weighted by molar-refractivity contribution is 0.0956. The van der Waals surface area contributed by atoms with Crippen molar-refractivity contribution < 1.29 is 10.2 Å². The van der Waals surface area contributed by atoms with Crippen LogP contribution in [0.1, 0.15) is 17.2 Å². The molecule has 0 unspecified atom stereocenters. The van der Waals surface area contributed by atoms with Crippen LogP contribution < -0.4 is 0 Å². The van der Waals surface area contributed by atoms with Gasteiger partial charge in [-0.15, -0.1) is 11.3 Å². The van der Waals surface area contributed by atoms with E-state index in [9.17, 15) is 10.2 Å². The molecule has 0 aliphatic heterocycles. The van der Waals surface area contributed by atoms with E-state index in [4.69, 9.17) is 11.6 Å². The van der Waals surface area contributed by atoms with Gasteiger partial charge in [-0.1, -0.05) is 23.7 Å². The van der Waals surface area contributed by atoms with Gasteiger partial charge in [-0.25, -0.2) is 4.98 Å². The summed E-state index contributed by atoms with van der Waals surface area (Å²) in [5.74, 6) is 0. The Morgan fingerprint density at radius 1 is 1.29 bits per heavy atom. The first-order chi connectivity index (χ1) is 10.1. The molecule has 0 aliphatic carbocycles. The highest BCUT2D eigenvalue weighted by Crippen LogP contribution is 2.39. The van der Waals surface area contributed by atoms with Crippen molar-refractivity contribution in [3.8, 4) is 11.1 Å². The summed E-state index contributed by atoms with van der Waals surface area (Å²) in [6.07, 6.45) is -0.915. The van der Waals surface area contributed by atoms with Gasteiger partial charge in [-0.3, -0.25) is 0 Å². The number of benzene rings is 2. The van der Waals surface area contributed by atoms with E-state index in [1.165, 1.54) is 11.3 Å². The fraction of sp³-hybridized carbons (Fsp3) is 0.188. The van der Waals surface area contributed by atoms with Crippen molar-refractivity contribution in [3.63, 3.8) is 0 Å². The molecular weight excluding hydrogens is 306 g/mol. The van der Waals surface area contributed by atoms with E-state index in [2.05, 4.69) is 4.98 Å². The minimum atomic E-state index is -0.915. The van der Waals surface area contributed by atoms with Gasteiger partial charge < -0.3 is 10.2 Å². The molecule has 1 heterocycles. The normalized spacial score (nSPS) is 12.8. The van der Waals surface area contributed by atoms with E-state index in [1.54, 1.807) is 5.51 Å². The van der Waals surface area contributed by atoms with E-state index < -0.39 is 6.10 Å². The van der Waals surface area contributed by atoms with Gasteiger partial charge in [0.05, 0.1) is 22.3 Å². The van der Waals surface area contributed by atoms with Crippen LogP contribution in [0.2, 0.25) is 5.02 Å². The molecule has 3 rings (SSSR count). The quantitative estimate of drug-likeness (QED) is 0.768. The lowest BCUT2D eigenvalue weighted by Gasteiger charge is -2.18. The molecule has 0 fully saturated rings. The molecule has 0 amide bonds. The van der Waals surface area contributed by atoms with Crippen LogP contribution in [0.15, 0.2) is 35.8 Å². The van der Waals surface area contributed by atoms with Crippen molar-refractivity contribution >= 4 is 33.2 Å². The van der Waals surface area contributed by atoms with E-state index in [1.807, 2.05) is 37.3 Å². The van der Waals surface area contributed by atoms with Crippen LogP contribution in [0.5, 0.6) is 0 Å². The van der Waals surface area contributed by atoms with Crippen LogP contribution in [-0.4, -0.2) is 21.8 Å². The minimum absolute atomic E-state index is 0.314. The Hall–Kier alpha value is -1.46. The SMILES string of the molecule is Cc1cc2ncsc2c(-c2ccc(Cl)cc2)c1[C@H](O)CO. The third-order valence-electron chi connectivity index (χ3n) is 3.51. The zero-order valence-electron chi connectivity index (χ0n) is 11.4. The van der Waals surface area contributed by atoms with Gasteiger partial charge in [0.25, 0.3) is 0 Å². The van der Waals surface area contributed by atoms with Gasteiger partial charge in [-0.2, -0.15) is 0 Å². The zero-order chi connectivity index (χ0) is 15.0. The van der Waals surface area contributed by atoms with Crippen molar-refractivity contribution in [1.82, 2.24) is 4.98 Å². The Bertz CT molecular complexity index is 783. The van der Waals surface area contributed by atoms with E-state index in [0.717, 1.165) is 32.5 Å². The van der Waals surface area contributed by atoms with Crippen LogP contribution in [-0.2, 0) is 0 Å². The number of rotatable bonds is 3. The number of hydrogen-bond donors (Lipinski definition) is 2. The molecule has 3 nitrogen and oxygen atoms in total. The lowest BCUT2D eigenvalue weighted by atomic mass is 9.92. The second-order valence-corrected chi connectivity index (χ2v) is 6.18. The predicted molar refractivity (Wildman–Crippen MR) is 86.8 cm³/mol. The van der Waals surface area contributed by atoms with Crippen LogP contribution in [0.25, 0.3) is 21.3 Å². The van der Waals surface area contributed by atoms with Gasteiger partial charge in [0.1, 0.15) is 6.10 Å².